The first-order valence-corrected chi connectivity index (χ1v) is 39.5. The first-order chi connectivity index (χ1) is 56.0. The molecule has 634 valence electrons. The zero-order chi connectivity index (χ0) is 85.5. The van der Waals surface area contributed by atoms with Gasteiger partial charge in [-0.3, -0.25) is 33.6 Å². The highest BCUT2D eigenvalue weighted by Crippen LogP contribution is 2.51. The lowest BCUT2D eigenvalue weighted by Crippen LogP contribution is -2.64. The number of aliphatic hydroxyl groups is 6. The Kier molecular flexibility index (Phi) is 28.7. The number of aromatic hydroxyl groups is 2. The molecule has 6 aromatic carbocycles. The molecular formula is C83H97Cl2N7O26. The van der Waals surface area contributed by atoms with Crippen LogP contribution in [-0.4, -0.2) is 186 Å². The molecule has 118 heavy (non-hydrogen) atoms. The average Bonchev–Trinajstić information content (AvgIpc) is 0.760. The van der Waals surface area contributed by atoms with Crippen molar-refractivity contribution in [2.45, 2.75) is 203 Å². The van der Waals surface area contributed by atoms with E-state index >= 15 is 24.0 Å². The number of rotatable bonds is 22. The number of primary amides is 1. The van der Waals surface area contributed by atoms with E-state index in [0.717, 1.165) is 85.5 Å². The second-order valence-corrected chi connectivity index (χ2v) is 31.6. The Balaban J connectivity index is 1.09. The standard InChI is InChI=1S/C83H97Cl2N7O26/c1-7-9-10-23-111-46-16-11-39(12-17-46)21-22-88-82(110)113-47-32-50-64(54(95)33-47)49-25-41(13-18-53(49)94)48-34-56(97)65-44-29-59(114-57-19-14-42(26-51(57)84)69(99)67(91-76(104)40(8-2)24-37(3)4)55(96)28-45(31-62(86)98)77(105)89-65)73(118-81-74(72(102)71(101)61(36-93)116-81)117-63-35-83(6,87)75(103)38(5)112-63)60(30-44)115-58-20-15-43(27-52(58)85)70(100)68(92-78(48)106)79(107)90-66(50)80(108)109/h11-20,25-27,29-30,32-33,37-38,40,45,48,61,63,65-72,74-75,81,93-95,99-103H,7-10,21-24,28,31,34-36,87H2,1-6H3,(H2,86,98)(H,88,110)(H,89,105)(H,90,107)(H,91,104)(H,92,106)(H,108,109)/t38-,40+,45-,48+,61+,63-,65+,66-,67-,68-,69+,70+,71+,72-,74+,75+,81-,83-/m0/s1. The summed E-state index contributed by atoms with van der Waals surface area (Å²) in [5.41, 5.74) is 9.22. The summed E-state index contributed by atoms with van der Waals surface area (Å²) in [4.78, 5) is 133. The van der Waals surface area contributed by atoms with Gasteiger partial charge in [0.15, 0.2) is 41.5 Å². The molecule has 35 heteroatoms. The lowest BCUT2D eigenvalue weighted by Gasteiger charge is -2.47. The number of carboxylic acid groups (broad SMARTS) is 1. The van der Waals surface area contributed by atoms with Gasteiger partial charge in [0.05, 0.1) is 47.3 Å². The Morgan fingerprint density at radius 2 is 1.38 bits per heavy atom. The molecule has 6 aromatic rings. The molecule has 13 rings (SSSR count). The maximum absolute atomic E-state index is 16.4. The maximum atomic E-state index is 16.4. The second kappa shape index (κ2) is 38.2. The van der Waals surface area contributed by atoms with Gasteiger partial charge in [-0.2, -0.15) is 0 Å². The van der Waals surface area contributed by atoms with Crippen molar-refractivity contribution >= 4 is 76.4 Å². The molecule has 2 fully saturated rings. The van der Waals surface area contributed by atoms with E-state index in [1.807, 2.05) is 26.0 Å². The third-order valence-electron chi connectivity index (χ3n) is 21.4. The number of Topliss-reactive ketones (excluding diaryl/α,β-unsaturated/α-hetero) is 2. The Morgan fingerprint density at radius 1 is 0.720 bits per heavy atom. The topological polar surface area (TPSA) is 522 Å². The quantitative estimate of drug-likeness (QED) is 0.0314. The fourth-order valence-corrected chi connectivity index (χ4v) is 15.5. The summed E-state index contributed by atoms with van der Waals surface area (Å²) in [7, 11) is 0. The predicted molar refractivity (Wildman–Crippen MR) is 420 cm³/mol. The van der Waals surface area contributed by atoms with Gasteiger partial charge in [-0.25, -0.2) is 9.59 Å². The molecule has 6 amide bonds. The largest absolute Gasteiger partial charge is 0.507 e. The van der Waals surface area contributed by atoms with Crippen LogP contribution < -0.4 is 61.7 Å². The molecule has 11 bridgehead atoms. The molecule has 0 saturated carbocycles. The number of aliphatic hydroxyl groups excluding tert-OH is 6. The molecular weight excluding hydrogens is 1580 g/mol. The van der Waals surface area contributed by atoms with Crippen molar-refractivity contribution in [2.75, 3.05) is 19.8 Å². The van der Waals surface area contributed by atoms with E-state index in [1.165, 1.54) is 32.0 Å². The van der Waals surface area contributed by atoms with Crippen LogP contribution in [0.2, 0.25) is 10.0 Å². The zero-order valence-corrected chi connectivity index (χ0v) is 66.8. The van der Waals surface area contributed by atoms with Crippen molar-refractivity contribution in [3.63, 3.8) is 0 Å². The fraction of sp³-hybridized carbons (Fsp3) is 0.458. The number of ketones is 2. The van der Waals surface area contributed by atoms with Gasteiger partial charge >= 0.3 is 12.1 Å². The van der Waals surface area contributed by atoms with Crippen LogP contribution in [0.1, 0.15) is 163 Å². The van der Waals surface area contributed by atoms with Crippen LogP contribution in [0.5, 0.6) is 51.7 Å². The molecule has 7 aliphatic heterocycles. The van der Waals surface area contributed by atoms with Crippen molar-refractivity contribution in [3.05, 3.63) is 147 Å². The minimum absolute atomic E-state index is 0.0139. The van der Waals surface area contributed by atoms with Crippen molar-refractivity contribution < 1.29 is 127 Å². The summed E-state index contributed by atoms with van der Waals surface area (Å²) in [5.74, 6) is -18.5. The first-order valence-electron chi connectivity index (χ1n) is 38.8. The minimum Gasteiger partial charge on any atom is -0.507 e. The number of amides is 6. The number of carbonyl (C=O) groups excluding carboxylic acids is 8. The second-order valence-electron chi connectivity index (χ2n) is 30.8. The van der Waals surface area contributed by atoms with E-state index in [0.29, 0.717) is 25.2 Å². The molecule has 2 saturated heterocycles. The summed E-state index contributed by atoms with van der Waals surface area (Å²) in [6.45, 7) is 10.2. The van der Waals surface area contributed by atoms with Gasteiger partial charge in [0.1, 0.15) is 83.1 Å². The number of carbonyl (C=O) groups is 9. The summed E-state index contributed by atoms with van der Waals surface area (Å²) in [6, 6.07) is 12.9. The lowest BCUT2D eigenvalue weighted by molar-refractivity contribution is -0.333. The van der Waals surface area contributed by atoms with Crippen LogP contribution in [0.4, 0.5) is 4.79 Å². The highest BCUT2D eigenvalue weighted by Gasteiger charge is 2.52. The molecule has 0 aromatic heterocycles. The van der Waals surface area contributed by atoms with Crippen molar-refractivity contribution in [1.29, 1.82) is 0 Å². The number of hydrogen-bond donors (Lipinski definition) is 16. The fourth-order valence-electron chi connectivity index (χ4n) is 15.0. The number of fused-ring (bicyclic) bond motifs is 15. The molecule has 18 atom stereocenters. The summed E-state index contributed by atoms with van der Waals surface area (Å²) in [5, 5.41) is 118. The van der Waals surface area contributed by atoms with Crippen LogP contribution in [0.15, 0.2) is 103 Å². The van der Waals surface area contributed by atoms with Crippen molar-refractivity contribution in [1.82, 2.24) is 26.6 Å². The Hall–Kier alpha value is -10.3. The Bertz CT molecular complexity index is 4740. The number of phenols is 2. The van der Waals surface area contributed by atoms with Gasteiger partial charge in [-0.05, 0) is 140 Å². The normalized spacial score (nSPS) is 26.9. The summed E-state index contributed by atoms with van der Waals surface area (Å²) >= 11 is 14.3. The maximum Gasteiger partial charge on any atom is 0.412 e. The van der Waals surface area contributed by atoms with Crippen LogP contribution in [-0.2, 0) is 59.0 Å². The molecule has 0 unspecified atom stereocenters. The Morgan fingerprint density at radius 3 is 1.99 bits per heavy atom. The minimum atomic E-state index is -2.32. The third kappa shape index (κ3) is 20.5. The summed E-state index contributed by atoms with van der Waals surface area (Å²) < 4.78 is 50.2. The van der Waals surface area contributed by atoms with Gasteiger partial charge in [-0.1, -0.05) is 94.1 Å². The number of carboxylic acids is 1. The molecule has 7 heterocycles. The monoisotopic (exact) mass is 1680 g/mol. The van der Waals surface area contributed by atoms with Crippen LogP contribution >= 0.6 is 23.2 Å². The average molecular weight is 1680 g/mol. The molecule has 18 N–H and O–H groups in total. The zero-order valence-electron chi connectivity index (χ0n) is 65.3. The molecule has 0 aliphatic carbocycles. The van der Waals surface area contributed by atoms with E-state index in [1.54, 1.807) is 19.1 Å². The SMILES string of the molecule is CCCCCOc1ccc(CCNC(=O)Oc2cc(O)c3c(c2)[C@@H](C(=O)O)NC(=O)[C@H]2NC(=O)[C@H](CC(=O)[C@@H]4NC(=O)[C@H](CC(N)=O)CC(=O)[C@H](NC(=O)[C@H](CC)CC(C)C)[C@H](O)c5ccc(c(Cl)c5)Oc5cc4cc(c5O[C@@H]4O[C@H](CO)[C@@H](O)[C@H](O)[C@H]4O[C@H]4C[C@](C)(N)[C@H](O)[C@H](C)O4)Oc4ccc(cc4Cl)[C@H]2O)c2ccc(O)c-3c2)cc1. The Labute approximate surface area is 687 Å². The highest BCUT2D eigenvalue weighted by atomic mass is 35.5. The van der Waals surface area contributed by atoms with E-state index in [9.17, 15) is 65.1 Å². The number of hydrogen-bond acceptors (Lipinski definition) is 26. The third-order valence-corrected chi connectivity index (χ3v) is 22.0. The molecule has 0 spiro atoms. The van der Waals surface area contributed by atoms with E-state index < -0.39 is 250 Å². The van der Waals surface area contributed by atoms with Gasteiger partial charge in [0.2, 0.25) is 41.6 Å². The van der Waals surface area contributed by atoms with Crippen LogP contribution in [0.25, 0.3) is 11.1 Å². The van der Waals surface area contributed by atoms with Gasteiger partial charge in [0, 0.05) is 66.4 Å². The number of phenolic OH excluding ortho intramolecular Hbond substituents is 2. The van der Waals surface area contributed by atoms with E-state index in [4.69, 9.17) is 72.6 Å². The number of nitrogens with one attached hydrogen (secondary N) is 5. The molecule has 33 nitrogen and oxygen atoms in total. The number of ether oxygens (including phenoxy) is 8. The van der Waals surface area contributed by atoms with Crippen molar-refractivity contribution in [2.24, 2.45) is 29.2 Å². The number of aliphatic carboxylic acids is 1. The van der Waals surface area contributed by atoms with Crippen LogP contribution in [0.3, 0.4) is 0 Å². The first kappa shape index (κ1) is 88.5. The smallest absolute Gasteiger partial charge is 0.412 e. The van der Waals surface area contributed by atoms with Gasteiger partial charge in [-0.15, -0.1) is 0 Å². The molecule has 7 aliphatic rings. The van der Waals surface area contributed by atoms with Crippen molar-refractivity contribution in [3.8, 4) is 62.9 Å². The number of unbranched alkanes of at least 4 members (excludes halogenated alkanes) is 2. The number of halogens is 2. The van der Waals surface area contributed by atoms with E-state index in [2.05, 4.69) is 33.5 Å². The lowest BCUT2D eigenvalue weighted by atomic mass is 9.84. The number of nitrogens with two attached hydrogens (primary N) is 2. The highest BCUT2D eigenvalue weighted by molar-refractivity contribution is 6.32. The van der Waals surface area contributed by atoms with Gasteiger partial charge in [0.25, 0.3) is 0 Å². The summed E-state index contributed by atoms with van der Waals surface area (Å²) in [6.07, 6.45) is -17.9. The van der Waals surface area contributed by atoms with Crippen LogP contribution in [0, 0.1) is 17.8 Å². The predicted octanol–water partition coefficient (Wildman–Crippen LogP) is 6.72. The number of benzene rings is 6. The van der Waals surface area contributed by atoms with Gasteiger partial charge < -0.3 is 122 Å². The molecule has 0 radical (unpaired) electrons. The van der Waals surface area contributed by atoms with E-state index in [-0.39, 0.29) is 58.5 Å².